The van der Waals surface area contributed by atoms with Crippen LogP contribution in [-0.4, -0.2) is 34.9 Å². The number of hydrogen-bond acceptors (Lipinski definition) is 6. The Bertz CT molecular complexity index is 1150. The molecule has 0 fully saturated rings. The average Bonchev–Trinajstić information content (AvgIpc) is 2.71. The molecule has 0 atom stereocenters. The van der Waals surface area contributed by atoms with Crippen molar-refractivity contribution in [2.75, 3.05) is 26.1 Å². The van der Waals surface area contributed by atoms with Gasteiger partial charge in [0.2, 0.25) is 0 Å². The maximum atomic E-state index is 12.7. The Labute approximate surface area is 162 Å². The number of anilines is 1. The zero-order valence-electron chi connectivity index (χ0n) is 16.7. The minimum absolute atomic E-state index is 0.358. The second-order valence-corrected chi connectivity index (χ2v) is 6.59. The minimum atomic E-state index is -0.398. The topological polar surface area (TPSA) is 87.4 Å². The van der Waals surface area contributed by atoms with Crippen LogP contribution in [0.15, 0.2) is 34.0 Å². The highest BCUT2D eigenvalue weighted by Crippen LogP contribution is 2.28. The normalized spacial score (nSPS) is 10.9. The van der Waals surface area contributed by atoms with Crippen molar-refractivity contribution in [1.29, 1.82) is 0 Å². The monoisotopic (exact) mass is 384 g/mol. The van der Waals surface area contributed by atoms with Gasteiger partial charge in [-0.05, 0) is 36.6 Å². The number of hydrogen-bond donors (Lipinski definition) is 1. The van der Waals surface area contributed by atoms with Gasteiger partial charge in [0.1, 0.15) is 5.39 Å². The smallest absolute Gasteiger partial charge is 0.332 e. The third-order valence-electron chi connectivity index (χ3n) is 4.82. The summed E-state index contributed by atoms with van der Waals surface area (Å²) in [5.74, 6) is 1.36. The van der Waals surface area contributed by atoms with Gasteiger partial charge in [0, 0.05) is 26.8 Å². The van der Waals surface area contributed by atoms with Gasteiger partial charge in [0.15, 0.2) is 17.1 Å². The molecule has 3 rings (SSSR count). The maximum Gasteiger partial charge on any atom is 0.332 e. The summed E-state index contributed by atoms with van der Waals surface area (Å²) in [5.41, 5.74) is 2.22. The predicted octanol–water partition coefficient (Wildman–Crippen LogP) is 1.61. The molecule has 148 valence electrons. The van der Waals surface area contributed by atoms with E-state index in [2.05, 4.69) is 10.3 Å². The molecule has 3 aromatic rings. The third kappa shape index (κ3) is 3.33. The highest BCUT2D eigenvalue weighted by molar-refractivity contribution is 5.89. The van der Waals surface area contributed by atoms with Gasteiger partial charge in [-0.2, -0.15) is 0 Å². The minimum Gasteiger partial charge on any atom is -0.493 e. The Morgan fingerprint density at radius 1 is 1.07 bits per heavy atom. The Morgan fingerprint density at radius 2 is 1.79 bits per heavy atom. The first kappa shape index (κ1) is 19.5. The van der Waals surface area contributed by atoms with Crippen molar-refractivity contribution in [3.63, 3.8) is 0 Å². The molecule has 0 saturated heterocycles. The number of aryl methyl sites for hydroxylation is 2. The maximum absolute atomic E-state index is 12.7. The van der Waals surface area contributed by atoms with Gasteiger partial charge in [-0.15, -0.1) is 0 Å². The predicted molar refractivity (Wildman–Crippen MR) is 109 cm³/mol. The number of ether oxygens (including phenoxy) is 2. The van der Waals surface area contributed by atoms with Crippen molar-refractivity contribution < 1.29 is 9.47 Å². The zero-order valence-corrected chi connectivity index (χ0v) is 16.7. The number of fused-ring (bicyclic) bond motifs is 1. The number of aromatic nitrogens is 3. The van der Waals surface area contributed by atoms with E-state index < -0.39 is 5.69 Å². The van der Waals surface area contributed by atoms with Crippen LogP contribution in [-0.2, 0) is 20.5 Å². The molecule has 0 saturated carbocycles. The van der Waals surface area contributed by atoms with Crippen molar-refractivity contribution in [2.24, 2.45) is 14.1 Å². The molecule has 0 radical (unpaired) electrons. The molecule has 1 aromatic carbocycles. The summed E-state index contributed by atoms with van der Waals surface area (Å²) in [7, 11) is 6.29. The number of rotatable bonds is 6. The van der Waals surface area contributed by atoms with E-state index in [1.54, 1.807) is 27.5 Å². The first-order valence-electron chi connectivity index (χ1n) is 8.89. The lowest BCUT2D eigenvalue weighted by Gasteiger charge is -2.15. The summed E-state index contributed by atoms with van der Waals surface area (Å²) in [6.07, 6.45) is 2.38. The summed E-state index contributed by atoms with van der Waals surface area (Å²) in [5, 5.41) is 3.76. The van der Waals surface area contributed by atoms with Crippen LogP contribution >= 0.6 is 0 Å². The van der Waals surface area contributed by atoms with Gasteiger partial charge in [0.25, 0.3) is 5.56 Å². The number of benzene rings is 1. The molecule has 28 heavy (non-hydrogen) atoms. The zero-order chi connectivity index (χ0) is 20.4. The quantitative estimate of drug-likeness (QED) is 0.695. The fraction of sp³-hybridized carbons (Fsp3) is 0.350. The van der Waals surface area contributed by atoms with E-state index in [0.717, 1.165) is 22.1 Å². The van der Waals surface area contributed by atoms with E-state index in [9.17, 15) is 9.59 Å². The lowest BCUT2D eigenvalue weighted by Crippen LogP contribution is -2.37. The van der Waals surface area contributed by atoms with E-state index in [1.165, 1.54) is 11.6 Å². The van der Waals surface area contributed by atoms with E-state index >= 15 is 0 Å². The molecule has 8 nitrogen and oxygen atoms in total. The van der Waals surface area contributed by atoms with Crippen molar-refractivity contribution >= 4 is 16.7 Å². The fourth-order valence-corrected chi connectivity index (χ4v) is 3.22. The van der Waals surface area contributed by atoms with Gasteiger partial charge in [0.05, 0.1) is 19.9 Å². The fourth-order valence-electron chi connectivity index (χ4n) is 3.22. The second kappa shape index (κ2) is 7.75. The van der Waals surface area contributed by atoms with Gasteiger partial charge in [-0.1, -0.05) is 6.07 Å². The van der Waals surface area contributed by atoms with Crippen LogP contribution in [0.1, 0.15) is 11.1 Å². The first-order valence-corrected chi connectivity index (χ1v) is 8.89. The molecule has 8 heteroatoms. The van der Waals surface area contributed by atoms with Crippen molar-refractivity contribution in [1.82, 2.24) is 14.1 Å². The molecule has 0 aliphatic carbocycles. The molecule has 2 heterocycles. The highest BCUT2D eigenvalue weighted by atomic mass is 16.5. The number of methoxy groups -OCH3 is 2. The van der Waals surface area contributed by atoms with Crippen LogP contribution in [0.5, 0.6) is 11.5 Å². The molecule has 0 bridgehead atoms. The Balaban J connectivity index is 1.92. The molecule has 0 unspecified atom stereocenters. The SMILES string of the molecule is COc1ccc(CCNc2c(C)cnc3c2c(=O)n(C)c(=O)n3C)cc1OC. The molecular weight excluding hydrogens is 360 g/mol. The van der Waals surface area contributed by atoms with Crippen molar-refractivity contribution in [3.05, 3.63) is 56.4 Å². The van der Waals surface area contributed by atoms with E-state index in [1.807, 2.05) is 25.1 Å². The van der Waals surface area contributed by atoms with E-state index in [4.69, 9.17) is 9.47 Å². The standard InChI is InChI=1S/C20H24N4O4/c1-12-11-22-18-16(19(25)24(3)20(26)23(18)2)17(12)21-9-8-13-6-7-14(27-4)15(10-13)28-5/h6-7,10-11H,8-9H2,1-5H3,(H,21,22). The van der Waals surface area contributed by atoms with Crippen LogP contribution in [0.4, 0.5) is 5.69 Å². The lowest BCUT2D eigenvalue weighted by molar-refractivity contribution is 0.354. The summed E-state index contributed by atoms with van der Waals surface area (Å²) in [4.78, 5) is 29.1. The number of pyridine rings is 1. The summed E-state index contributed by atoms with van der Waals surface area (Å²) in [6, 6.07) is 5.77. The summed E-state index contributed by atoms with van der Waals surface area (Å²) in [6.45, 7) is 2.48. The molecule has 0 aliphatic heterocycles. The first-order chi connectivity index (χ1) is 13.4. The van der Waals surface area contributed by atoms with Crippen LogP contribution in [0.2, 0.25) is 0 Å². The lowest BCUT2D eigenvalue weighted by atomic mass is 10.1. The van der Waals surface area contributed by atoms with Gasteiger partial charge in [-0.25, -0.2) is 9.78 Å². The second-order valence-electron chi connectivity index (χ2n) is 6.59. The van der Waals surface area contributed by atoms with Crippen LogP contribution < -0.4 is 26.0 Å². The summed E-state index contributed by atoms with van der Waals surface area (Å²) >= 11 is 0. The van der Waals surface area contributed by atoms with Gasteiger partial charge < -0.3 is 14.8 Å². The molecule has 2 aromatic heterocycles. The number of nitrogens with zero attached hydrogens (tertiary/aromatic N) is 3. The van der Waals surface area contributed by atoms with Gasteiger partial charge >= 0.3 is 5.69 Å². The molecule has 1 N–H and O–H groups in total. The van der Waals surface area contributed by atoms with E-state index in [0.29, 0.717) is 34.8 Å². The highest BCUT2D eigenvalue weighted by Gasteiger charge is 2.15. The Kier molecular flexibility index (Phi) is 5.39. The van der Waals surface area contributed by atoms with Crippen LogP contribution in [0.25, 0.3) is 11.0 Å². The van der Waals surface area contributed by atoms with Crippen molar-refractivity contribution in [2.45, 2.75) is 13.3 Å². The average molecular weight is 384 g/mol. The van der Waals surface area contributed by atoms with Crippen molar-refractivity contribution in [3.8, 4) is 11.5 Å². The molecule has 0 amide bonds. The van der Waals surface area contributed by atoms with Gasteiger partial charge in [-0.3, -0.25) is 13.9 Å². The summed E-state index contributed by atoms with van der Waals surface area (Å²) < 4.78 is 13.1. The molecule has 0 aliphatic rings. The van der Waals surface area contributed by atoms with Crippen LogP contribution in [0.3, 0.4) is 0 Å². The van der Waals surface area contributed by atoms with Crippen LogP contribution in [0, 0.1) is 6.92 Å². The molecule has 0 spiro atoms. The van der Waals surface area contributed by atoms with E-state index in [-0.39, 0.29) is 5.56 Å². The largest absolute Gasteiger partial charge is 0.493 e. The Morgan fingerprint density at radius 3 is 2.46 bits per heavy atom. The molecular formula is C20H24N4O4. The third-order valence-corrected chi connectivity index (χ3v) is 4.82. The Hall–Kier alpha value is -3.29. The number of nitrogens with one attached hydrogen (secondary N) is 1.